The van der Waals surface area contributed by atoms with Crippen LogP contribution in [-0.4, -0.2) is 17.8 Å². The molecule has 8 heteroatoms. The summed E-state index contributed by atoms with van der Waals surface area (Å²) >= 11 is 2.31. The van der Waals surface area contributed by atoms with E-state index in [0.717, 1.165) is 33.8 Å². The first-order chi connectivity index (χ1) is 17.7. The van der Waals surface area contributed by atoms with Crippen molar-refractivity contribution in [2.24, 2.45) is 0 Å². The molecule has 2 aromatic heterocycles. The van der Waals surface area contributed by atoms with Crippen molar-refractivity contribution >= 4 is 54.0 Å². The van der Waals surface area contributed by atoms with Crippen molar-refractivity contribution in [1.82, 2.24) is 0 Å². The zero-order valence-electron chi connectivity index (χ0n) is 23.0. The van der Waals surface area contributed by atoms with E-state index in [4.69, 9.17) is 0 Å². The molecule has 1 aliphatic rings. The largest absolute Gasteiger partial charge is 0.380 e. The minimum atomic E-state index is -5.59. The third-order valence-electron chi connectivity index (χ3n) is 7.63. The number of halogens is 6. The topological polar surface area (TPSA) is 0 Å². The van der Waals surface area contributed by atoms with Crippen LogP contribution in [0.15, 0.2) is 36.4 Å². The Morgan fingerprint density at radius 1 is 0.564 bits per heavy atom. The lowest BCUT2D eigenvalue weighted by molar-refractivity contribution is -0.254. The van der Waals surface area contributed by atoms with E-state index >= 15 is 26.3 Å². The lowest BCUT2D eigenvalue weighted by Gasteiger charge is -2.26. The van der Waals surface area contributed by atoms with Crippen molar-refractivity contribution in [3.63, 3.8) is 0 Å². The molecule has 0 unspecified atom stereocenters. The predicted octanol–water partition coefficient (Wildman–Crippen LogP) is 11.2. The molecule has 4 aromatic rings. The summed E-state index contributed by atoms with van der Waals surface area (Å²) in [5.74, 6) is -15.8. The van der Waals surface area contributed by atoms with Crippen LogP contribution in [0, 0.1) is 13.8 Å². The Bertz CT molecular complexity index is 1550. The van der Waals surface area contributed by atoms with E-state index in [1.807, 2.05) is 53.7 Å². The standard InChI is InChI=1S/C31H30F6S2/c1-15-23(19-11-9-17(27(3,4)5)13-21(19)38-15)25-26(30(34,35)31(36,37)29(25,32)33)24-16(2)39-22-14-18(28(6,7)8)10-12-20(22)24/h9-14H,1-8H3. The molecule has 1 aliphatic carbocycles. The highest BCUT2D eigenvalue weighted by Crippen LogP contribution is 2.67. The highest BCUT2D eigenvalue weighted by atomic mass is 32.1. The van der Waals surface area contributed by atoms with Crippen LogP contribution >= 0.6 is 22.7 Å². The SMILES string of the molecule is Cc1sc2cc(C(C)(C)C)ccc2c1C1=C(c2c(C)sc3cc(C(C)(C)C)ccc23)C(F)(F)C(F)(F)C1(F)F. The van der Waals surface area contributed by atoms with Crippen LogP contribution in [0.1, 0.15) is 73.6 Å². The van der Waals surface area contributed by atoms with Crippen LogP contribution in [0.3, 0.4) is 0 Å². The first kappa shape index (κ1) is 28.2. The second-order valence-corrected chi connectivity index (χ2v) is 15.0. The summed E-state index contributed by atoms with van der Waals surface area (Å²) in [6, 6.07) is 10.4. The second kappa shape index (κ2) is 8.35. The van der Waals surface area contributed by atoms with Gasteiger partial charge in [-0.25, -0.2) is 0 Å². The number of thiophene rings is 2. The minimum Gasteiger partial charge on any atom is -0.194 e. The van der Waals surface area contributed by atoms with Gasteiger partial charge in [0.05, 0.1) is 0 Å². The minimum absolute atomic E-state index is 0.225. The van der Waals surface area contributed by atoms with Gasteiger partial charge in [-0.05, 0) is 47.9 Å². The van der Waals surface area contributed by atoms with Crippen molar-refractivity contribution in [2.75, 3.05) is 0 Å². The van der Waals surface area contributed by atoms with Crippen molar-refractivity contribution in [3.05, 3.63) is 68.4 Å². The number of aryl methyl sites for hydroxylation is 2. The van der Waals surface area contributed by atoms with Crippen LogP contribution in [0.2, 0.25) is 0 Å². The molecule has 2 heterocycles. The van der Waals surface area contributed by atoms with Crippen molar-refractivity contribution in [1.29, 1.82) is 0 Å². The summed E-state index contributed by atoms with van der Waals surface area (Å²) in [5.41, 5.74) is -1.62. The first-order valence-electron chi connectivity index (χ1n) is 12.7. The Hall–Kier alpha value is -2.32. The molecule has 0 nitrogen and oxygen atoms in total. The van der Waals surface area contributed by atoms with Gasteiger partial charge in [0.25, 0.3) is 0 Å². The molecule has 0 atom stereocenters. The van der Waals surface area contributed by atoms with Crippen LogP contribution in [-0.2, 0) is 10.8 Å². The summed E-state index contributed by atoms with van der Waals surface area (Å²) in [7, 11) is 0. The Labute approximate surface area is 232 Å². The van der Waals surface area contributed by atoms with Crippen molar-refractivity contribution in [2.45, 2.75) is 84.0 Å². The molecular weight excluding hydrogens is 550 g/mol. The molecule has 0 radical (unpaired) electrons. The van der Waals surface area contributed by atoms with Crippen molar-refractivity contribution < 1.29 is 26.3 Å². The summed E-state index contributed by atoms with van der Waals surface area (Å²) in [4.78, 5) is 0.591. The van der Waals surface area contributed by atoms with E-state index in [1.165, 1.54) is 13.8 Å². The zero-order chi connectivity index (χ0) is 29.1. The molecule has 208 valence electrons. The molecular formula is C31H30F6S2. The van der Waals surface area contributed by atoms with Gasteiger partial charge >= 0.3 is 17.8 Å². The molecule has 0 saturated heterocycles. The molecule has 0 saturated carbocycles. The summed E-state index contributed by atoms with van der Waals surface area (Å²) < 4.78 is 94.4. The predicted molar refractivity (Wildman–Crippen MR) is 152 cm³/mol. The maximum Gasteiger partial charge on any atom is 0.380 e. The zero-order valence-corrected chi connectivity index (χ0v) is 24.7. The lowest BCUT2D eigenvalue weighted by atomic mass is 9.85. The Kier molecular flexibility index (Phi) is 6.04. The highest BCUT2D eigenvalue weighted by molar-refractivity contribution is 7.19. The second-order valence-electron chi connectivity index (χ2n) is 12.5. The number of hydrogen-bond donors (Lipinski definition) is 0. The quantitative estimate of drug-likeness (QED) is 0.207. The molecule has 5 rings (SSSR count). The molecule has 2 aromatic carbocycles. The van der Waals surface area contributed by atoms with E-state index in [9.17, 15) is 0 Å². The van der Waals surface area contributed by atoms with E-state index in [1.54, 1.807) is 24.3 Å². The molecule has 0 amide bonds. The van der Waals surface area contributed by atoms with Crippen LogP contribution in [0.4, 0.5) is 26.3 Å². The fraction of sp³-hybridized carbons (Fsp3) is 0.419. The molecule has 0 aliphatic heterocycles. The monoisotopic (exact) mass is 580 g/mol. The summed E-state index contributed by atoms with van der Waals surface area (Å²) in [6.07, 6.45) is 0. The highest BCUT2D eigenvalue weighted by Gasteiger charge is 2.80. The normalized spacial score (nSPS) is 19.0. The molecule has 0 fully saturated rings. The number of allylic oxidation sites excluding steroid dienone is 2. The average molecular weight is 581 g/mol. The Morgan fingerprint density at radius 3 is 1.21 bits per heavy atom. The molecule has 0 bridgehead atoms. The maximum absolute atomic E-state index is 15.7. The molecule has 0 N–H and O–H groups in total. The number of alkyl halides is 6. The van der Waals surface area contributed by atoms with Gasteiger partial charge < -0.3 is 0 Å². The fourth-order valence-corrected chi connectivity index (χ4v) is 7.60. The summed E-state index contributed by atoms with van der Waals surface area (Å²) in [5, 5.41) is 0.553. The van der Waals surface area contributed by atoms with Gasteiger partial charge in [-0.3, -0.25) is 0 Å². The van der Waals surface area contributed by atoms with Gasteiger partial charge in [-0.15, -0.1) is 22.7 Å². The van der Waals surface area contributed by atoms with Crippen LogP contribution < -0.4 is 0 Å². The van der Waals surface area contributed by atoms with E-state index in [2.05, 4.69) is 0 Å². The molecule has 0 spiro atoms. The van der Waals surface area contributed by atoms with Gasteiger partial charge in [0.15, 0.2) is 0 Å². The number of fused-ring (bicyclic) bond motifs is 2. The third kappa shape index (κ3) is 3.91. The van der Waals surface area contributed by atoms with E-state index in [-0.39, 0.29) is 32.7 Å². The molecule has 39 heavy (non-hydrogen) atoms. The summed E-state index contributed by atoms with van der Waals surface area (Å²) in [6.45, 7) is 15.0. The van der Waals surface area contributed by atoms with Crippen LogP contribution in [0.5, 0.6) is 0 Å². The van der Waals surface area contributed by atoms with Gasteiger partial charge in [0.1, 0.15) is 0 Å². The van der Waals surface area contributed by atoms with Gasteiger partial charge in [-0.1, -0.05) is 65.8 Å². The first-order valence-corrected chi connectivity index (χ1v) is 14.3. The number of benzene rings is 2. The Morgan fingerprint density at radius 2 is 0.897 bits per heavy atom. The fourth-order valence-electron chi connectivity index (χ4n) is 5.38. The third-order valence-corrected chi connectivity index (χ3v) is 9.77. The Balaban J connectivity index is 1.90. The number of rotatable bonds is 2. The van der Waals surface area contributed by atoms with Crippen LogP contribution in [0.25, 0.3) is 31.3 Å². The number of hydrogen-bond acceptors (Lipinski definition) is 2. The van der Waals surface area contributed by atoms with Crippen molar-refractivity contribution in [3.8, 4) is 0 Å². The smallest absolute Gasteiger partial charge is 0.194 e. The average Bonchev–Trinajstić information content (AvgIpc) is 3.32. The maximum atomic E-state index is 15.7. The van der Waals surface area contributed by atoms with E-state index in [0.29, 0.717) is 19.2 Å². The van der Waals surface area contributed by atoms with Gasteiger partial charge in [0, 0.05) is 52.2 Å². The van der Waals surface area contributed by atoms with E-state index < -0.39 is 28.9 Å². The van der Waals surface area contributed by atoms with Gasteiger partial charge in [0.2, 0.25) is 0 Å². The van der Waals surface area contributed by atoms with Gasteiger partial charge in [-0.2, -0.15) is 26.3 Å². The lowest BCUT2D eigenvalue weighted by Crippen LogP contribution is -2.48.